The van der Waals surface area contributed by atoms with E-state index < -0.39 is 0 Å². The molecule has 0 aliphatic carbocycles. The topological polar surface area (TPSA) is 30.3 Å². The molecule has 0 amide bonds. The van der Waals surface area contributed by atoms with Crippen LogP contribution >= 0.6 is 11.3 Å². The van der Waals surface area contributed by atoms with Gasteiger partial charge < -0.3 is 9.80 Å². The smallest absolute Gasteiger partial charge is 0.0972 e. The van der Waals surface area contributed by atoms with Crippen molar-refractivity contribution in [2.24, 2.45) is 0 Å². The van der Waals surface area contributed by atoms with Crippen molar-refractivity contribution < 1.29 is 0 Å². The highest BCUT2D eigenvalue weighted by Crippen LogP contribution is 2.36. The summed E-state index contributed by atoms with van der Waals surface area (Å²) in [5.74, 6) is 0. The fourth-order valence-corrected chi connectivity index (χ4v) is 5.44. The van der Waals surface area contributed by atoms with Crippen molar-refractivity contribution in [2.45, 2.75) is 19.3 Å². The minimum Gasteiger partial charge on any atom is -0.375 e. The summed E-state index contributed by atoms with van der Waals surface area (Å²) < 4.78 is 0. The Kier molecular flexibility index (Phi) is 5.06. The van der Waals surface area contributed by atoms with Crippen LogP contribution in [0, 0.1) is 11.3 Å². The van der Waals surface area contributed by atoms with Crippen molar-refractivity contribution in [3.63, 3.8) is 0 Å². The van der Waals surface area contributed by atoms with Crippen molar-refractivity contribution in [3.8, 4) is 16.5 Å². The summed E-state index contributed by atoms with van der Waals surface area (Å²) in [4.78, 5) is 6.95. The molecule has 0 saturated carbocycles. The second kappa shape index (κ2) is 8.01. The lowest BCUT2D eigenvalue weighted by Crippen LogP contribution is -2.29. The molecule has 30 heavy (non-hydrogen) atoms. The lowest BCUT2D eigenvalue weighted by Gasteiger charge is -2.29. The van der Waals surface area contributed by atoms with Gasteiger partial charge >= 0.3 is 0 Å². The molecule has 150 valence electrons. The summed E-state index contributed by atoms with van der Waals surface area (Å²) in [5.41, 5.74) is 4.47. The Labute approximate surface area is 182 Å². The van der Waals surface area contributed by atoms with Crippen molar-refractivity contribution in [2.75, 3.05) is 31.6 Å². The van der Waals surface area contributed by atoms with E-state index in [0.29, 0.717) is 6.54 Å². The maximum absolute atomic E-state index is 9.53. The van der Waals surface area contributed by atoms with Crippen molar-refractivity contribution >= 4 is 33.4 Å². The number of hydrogen-bond donors (Lipinski definition) is 0. The Balaban J connectivity index is 1.44. The largest absolute Gasteiger partial charge is 0.375 e. The predicted octanol–water partition coefficient (Wildman–Crippen LogP) is 6.29. The molecule has 0 unspecified atom stereocenters. The monoisotopic (exact) mass is 411 g/mol. The summed E-state index contributed by atoms with van der Waals surface area (Å²) in [7, 11) is 2.00. The predicted molar refractivity (Wildman–Crippen MR) is 128 cm³/mol. The van der Waals surface area contributed by atoms with Gasteiger partial charge in [0.2, 0.25) is 0 Å². The van der Waals surface area contributed by atoms with Crippen LogP contribution in [0.1, 0.15) is 24.1 Å². The van der Waals surface area contributed by atoms with E-state index in [-0.39, 0.29) is 0 Å². The van der Waals surface area contributed by atoms with Gasteiger partial charge in [0, 0.05) is 41.2 Å². The van der Waals surface area contributed by atoms with Gasteiger partial charge in [-0.2, -0.15) is 5.26 Å². The first-order valence-electron chi connectivity index (χ1n) is 10.6. The summed E-state index contributed by atoms with van der Waals surface area (Å²) in [6.07, 6.45) is 8.06. The zero-order chi connectivity index (χ0) is 20.5. The Hall–Kier alpha value is -3.03. The number of nitriles is 1. The number of hydrogen-bond acceptors (Lipinski definition) is 4. The SMILES string of the molecule is CN1C=CC(c2ccc(-c3ccc4cc(N5CCCCC5)ccc4c3)s2)=C(C#N)C1. The minimum absolute atomic E-state index is 0.672. The molecule has 0 atom stereocenters. The van der Waals surface area contributed by atoms with Crippen LogP contribution in [-0.4, -0.2) is 31.6 Å². The first kappa shape index (κ1) is 19.0. The number of nitrogens with zero attached hydrogens (tertiary/aromatic N) is 3. The molecule has 5 rings (SSSR count). The Morgan fingerprint density at radius 2 is 1.67 bits per heavy atom. The molecule has 1 aromatic heterocycles. The quantitative estimate of drug-likeness (QED) is 0.507. The van der Waals surface area contributed by atoms with Crippen LogP contribution in [0.3, 0.4) is 0 Å². The van der Waals surface area contributed by atoms with Gasteiger partial charge in [0.1, 0.15) is 0 Å². The highest BCUT2D eigenvalue weighted by molar-refractivity contribution is 7.16. The van der Waals surface area contributed by atoms with Gasteiger partial charge in [-0.3, -0.25) is 0 Å². The van der Waals surface area contributed by atoms with E-state index in [2.05, 4.69) is 65.6 Å². The molecule has 0 spiro atoms. The fourth-order valence-electron chi connectivity index (χ4n) is 4.39. The number of rotatable bonds is 3. The molecule has 3 heterocycles. The molecule has 2 aromatic carbocycles. The summed E-state index contributed by atoms with van der Waals surface area (Å²) >= 11 is 1.76. The van der Waals surface area contributed by atoms with E-state index in [1.807, 2.05) is 18.1 Å². The molecule has 0 N–H and O–H groups in total. The van der Waals surface area contributed by atoms with Gasteiger partial charge in [-0.15, -0.1) is 11.3 Å². The van der Waals surface area contributed by atoms with E-state index in [4.69, 9.17) is 0 Å². The Morgan fingerprint density at radius 1 is 0.900 bits per heavy atom. The van der Waals surface area contributed by atoms with E-state index in [1.54, 1.807) is 11.3 Å². The van der Waals surface area contributed by atoms with E-state index in [0.717, 1.165) is 16.0 Å². The summed E-state index contributed by atoms with van der Waals surface area (Å²) in [6.45, 7) is 3.02. The third kappa shape index (κ3) is 3.62. The van der Waals surface area contributed by atoms with Gasteiger partial charge in [0.15, 0.2) is 0 Å². The highest BCUT2D eigenvalue weighted by Gasteiger charge is 2.15. The van der Waals surface area contributed by atoms with Gasteiger partial charge in [-0.1, -0.05) is 18.2 Å². The number of likely N-dealkylation sites (N-methyl/N-ethyl adjacent to an activating group) is 1. The fraction of sp³-hybridized carbons (Fsp3) is 0.269. The van der Waals surface area contributed by atoms with E-state index in [1.165, 1.54) is 59.3 Å². The molecular formula is C26H25N3S. The molecule has 1 saturated heterocycles. The zero-order valence-corrected chi connectivity index (χ0v) is 18.1. The van der Waals surface area contributed by atoms with Crippen molar-refractivity contribution in [1.82, 2.24) is 4.90 Å². The first-order valence-corrected chi connectivity index (χ1v) is 11.4. The van der Waals surface area contributed by atoms with Gasteiger partial charge in [0.05, 0.1) is 18.2 Å². The number of benzene rings is 2. The van der Waals surface area contributed by atoms with Gasteiger partial charge in [0.25, 0.3) is 0 Å². The molecule has 3 nitrogen and oxygen atoms in total. The minimum atomic E-state index is 0.672. The second-order valence-electron chi connectivity index (χ2n) is 8.19. The van der Waals surface area contributed by atoms with Crippen LogP contribution in [0.2, 0.25) is 0 Å². The highest BCUT2D eigenvalue weighted by atomic mass is 32.1. The summed E-state index contributed by atoms with van der Waals surface area (Å²) in [5, 5.41) is 12.1. The molecule has 0 radical (unpaired) electrons. The molecular weight excluding hydrogens is 386 g/mol. The second-order valence-corrected chi connectivity index (χ2v) is 9.28. The maximum Gasteiger partial charge on any atom is 0.0972 e. The number of piperidine rings is 1. The van der Waals surface area contributed by atoms with Crippen LogP contribution < -0.4 is 4.90 Å². The zero-order valence-electron chi connectivity index (χ0n) is 17.3. The number of fused-ring (bicyclic) bond motifs is 1. The Bertz CT molecular complexity index is 1190. The lowest BCUT2D eigenvalue weighted by atomic mass is 10.0. The van der Waals surface area contributed by atoms with Crippen LogP contribution in [0.5, 0.6) is 0 Å². The maximum atomic E-state index is 9.53. The molecule has 1 fully saturated rings. The van der Waals surface area contributed by atoms with Crippen LogP contribution in [0.25, 0.3) is 26.8 Å². The van der Waals surface area contributed by atoms with Crippen molar-refractivity contribution in [1.29, 1.82) is 5.26 Å². The molecule has 0 bridgehead atoms. The Morgan fingerprint density at radius 3 is 2.50 bits per heavy atom. The average molecular weight is 412 g/mol. The number of thiophene rings is 1. The van der Waals surface area contributed by atoms with Crippen LogP contribution in [-0.2, 0) is 0 Å². The van der Waals surface area contributed by atoms with Crippen molar-refractivity contribution in [3.05, 3.63) is 71.3 Å². The molecule has 2 aliphatic rings. The van der Waals surface area contributed by atoms with Crippen LogP contribution in [0.15, 0.2) is 66.4 Å². The number of allylic oxidation sites excluding steroid dienone is 2. The van der Waals surface area contributed by atoms with Gasteiger partial charge in [-0.25, -0.2) is 0 Å². The van der Waals surface area contributed by atoms with Gasteiger partial charge in [-0.05, 0) is 78.2 Å². The average Bonchev–Trinajstić information content (AvgIpc) is 3.29. The first-order chi connectivity index (χ1) is 14.7. The third-order valence-corrected chi connectivity index (χ3v) is 7.23. The van der Waals surface area contributed by atoms with E-state index in [9.17, 15) is 5.26 Å². The number of anilines is 1. The normalized spacial score (nSPS) is 16.9. The molecule has 4 heteroatoms. The van der Waals surface area contributed by atoms with Crippen LogP contribution in [0.4, 0.5) is 5.69 Å². The summed E-state index contributed by atoms with van der Waals surface area (Å²) in [6, 6.07) is 20.3. The lowest BCUT2D eigenvalue weighted by molar-refractivity contribution is 0.498. The standard InChI is InChI=1S/C26H25N3S/c1-28-14-11-24(22(17-27)18-28)26-10-9-25(30-26)21-6-5-20-16-23(8-7-19(20)15-21)29-12-3-2-4-13-29/h5-11,14-16H,2-4,12-13,18H2,1H3. The third-order valence-electron chi connectivity index (χ3n) is 6.06. The molecule has 2 aliphatic heterocycles. The molecule has 3 aromatic rings. The van der Waals surface area contributed by atoms with E-state index >= 15 is 0 Å².